The van der Waals surface area contributed by atoms with Crippen LogP contribution in [0.25, 0.3) is 10.9 Å². The number of nitrogens with zero attached hydrogens (tertiary/aromatic N) is 5. The highest BCUT2D eigenvalue weighted by Crippen LogP contribution is 2.32. The summed E-state index contributed by atoms with van der Waals surface area (Å²) in [5, 5.41) is 19.5. The van der Waals surface area contributed by atoms with E-state index in [1.54, 1.807) is 36.8 Å². The van der Waals surface area contributed by atoms with Crippen LogP contribution in [0.1, 0.15) is 11.6 Å². The van der Waals surface area contributed by atoms with E-state index in [1.165, 1.54) is 0 Å². The van der Waals surface area contributed by atoms with Gasteiger partial charge in [-0.25, -0.2) is 9.97 Å². The Balaban J connectivity index is 1.57. The standard InChI is InChI=1S/C20H20N6O3/c21-4-11-29-14-2-3-17-15(12-14)16(13-24-17)18(19(27)28)25-7-9-26(10-8-25)20-22-5-1-6-23-20/h1-3,5-6,12-13,18,24H,7-11H2,(H,27,28)/t18-/m0/s1. The predicted octanol–water partition coefficient (Wildman–Crippen LogP) is 1.81. The molecule has 0 bridgehead atoms. The highest BCUT2D eigenvalue weighted by Gasteiger charge is 2.32. The molecule has 148 valence electrons. The van der Waals surface area contributed by atoms with Crippen molar-refractivity contribution >= 4 is 22.8 Å². The summed E-state index contributed by atoms with van der Waals surface area (Å²) in [6.45, 7) is 2.38. The number of fused-ring (bicyclic) bond motifs is 1. The normalized spacial score (nSPS) is 15.8. The summed E-state index contributed by atoms with van der Waals surface area (Å²) in [5.41, 5.74) is 1.51. The van der Waals surface area contributed by atoms with E-state index in [0.717, 1.165) is 10.9 Å². The average molecular weight is 392 g/mol. The molecule has 1 aliphatic heterocycles. The minimum Gasteiger partial charge on any atom is -0.480 e. The van der Waals surface area contributed by atoms with Crippen LogP contribution < -0.4 is 9.64 Å². The van der Waals surface area contributed by atoms with E-state index in [4.69, 9.17) is 10.00 Å². The van der Waals surface area contributed by atoms with Crippen LogP contribution in [0.5, 0.6) is 5.75 Å². The number of hydrogen-bond donors (Lipinski definition) is 2. The number of H-pyrrole nitrogens is 1. The Hall–Kier alpha value is -3.64. The summed E-state index contributed by atoms with van der Waals surface area (Å²) in [7, 11) is 0. The molecular formula is C20H20N6O3. The lowest BCUT2D eigenvalue weighted by atomic mass is 10.0. The van der Waals surface area contributed by atoms with E-state index in [9.17, 15) is 9.90 Å². The van der Waals surface area contributed by atoms with Crippen LogP contribution in [-0.2, 0) is 4.79 Å². The number of carbonyl (C=O) groups is 1. The van der Waals surface area contributed by atoms with Gasteiger partial charge in [-0.2, -0.15) is 5.26 Å². The van der Waals surface area contributed by atoms with Gasteiger partial charge in [0.1, 0.15) is 17.9 Å². The van der Waals surface area contributed by atoms with Crippen LogP contribution >= 0.6 is 0 Å². The Morgan fingerprint density at radius 2 is 2.03 bits per heavy atom. The maximum atomic E-state index is 12.2. The third kappa shape index (κ3) is 3.83. The number of rotatable bonds is 6. The number of carboxylic acid groups (broad SMARTS) is 1. The highest BCUT2D eigenvalue weighted by atomic mass is 16.5. The number of aromatic amines is 1. The van der Waals surface area contributed by atoms with Gasteiger partial charge in [-0.3, -0.25) is 9.69 Å². The number of benzene rings is 1. The summed E-state index contributed by atoms with van der Waals surface area (Å²) in [4.78, 5) is 27.9. The fourth-order valence-electron chi connectivity index (χ4n) is 3.67. The minimum absolute atomic E-state index is 0.0584. The molecule has 0 radical (unpaired) electrons. The molecule has 9 nitrogen and oxygen atoms in total. The largest absolute Gasteiger partial charge is 0.480 e. The first kappa shape index (κ1) is 18.7. The molecule has 2 N–H and O–H groups in total. The molecule has 0 saturated carbocycles. The Morgan fingerprint density at radius 1 is 1.28 bits per heavy atom. The van der Waals surface area contributed by atoms with Gasteiger partial charge < -0.3 is 19.7 Å². The molecule has 4 rings (SSSR count). The van der Waals surface area contributed by atoms with Gasteiger partial charge in [0.05, 0.1) is 0 Å². The summed E-state index contributed by atoms with van der Waals surface area (Å²) in [6, 6.07) is 8.29. The van der Waals surface area contributed by atoms with E-state index < -0.39 is 12.0 Å². The number of nitriles is 1. The molecular weight excluding hydrogens is 372 g/mol. The molecule has 29 heavy (non-hydrogen) atoms. The topological polar surface area (TPSA) is 118 Å². The number of hydrogen-bond acceptors (Lipinski definition) is 7. The third-order valence-electron chi connectivity index (χ3n) is 5.03. The number of carboxylic acids is 1. The Bertz CT molecular complexity index is 1040. The molecule has 0 aliphatic carbocycles. The van der Waals surface area contributed by atoms with Gasteiger partial charge in [0, 0.05) is 61.2 Å². The average Bonchev–Trinajstić information content (AvgIpc) is 3.16. The summed E-state index contributed by atoms with van der Waals surface area (Å²) in [6.07, 6.45) is 5.14. The maximum absolute atomic E-state index is 12.2. The van der Waals surface area contributed by atoms with Crippen LogP contribution in [0.3, 0.4) is 0 Å². The zero-order valence-corrected chi connectivity index (χ0v) is 15.7. The van der Waals surface area contributed by atoms with Crippen molar-refractivity contribution in [2.24, 2.45) is 0 Å². The van der Waals surface area contributed by atoms with Crippen molar-refractivity contribution < 1.29 is 14.6 Å². The predicted molar refractivity (Wildman–Crippen MR) is 106 cm³/mol. The highest BCUT2D eigenvalue weighted by molar-refractivity contribution is 5.90. The number of aromatic nitrogens is 3. The van der Waals surface area contributed by atoms with Crippen LogP contribution in [0.2, 0.25) is 0 Å². The quantitative estimate of drug-likeness (QED) is 0.652. The van der Waals surface area contributed by atoms with Crippen molar-refractivity contribution in [3.63, 3.8) is 0 Å². The van der Waals surface area contributed by atoms with E-state index >= 15 is 0 Å². The van der Waals surface area contributed by atoms with E-state index in [0.29, 0.717) is 43.4 Å². The number of anilines is 1. The Kier molecular flexibility index (Phi) is 5.27. The first-order valence-corrected chi connectivity index (χ1v) is 9.27. The Morgan fingerprint density at radius 3 is 2.72 bits per heavy atom. The zero-order valence-electron chi connectivity index (χ0n) is 15.7. The molecule has 3 heterocycles. The monoisotopic (exact) mass is 392 g/mol. The molecule has 1 saturated heterocycles. The summed E-state index contributed by atoms with van der Waals surface area (Å²) in [5.74, 6) is 0.291. The molecule has 2 aromatic heterocycles. The van der Waals surface area contributed by atoms with E-state index in [-0.39, 0.29) is 6.61 Å². The van der Waals surface area contributed by atoms with Crippen LogP contribution in [0, 0.1) is 11.3 Å². The third-order valence-corrected chi connectivity index (χ3v) is 5.03. The lowest BCUT2D eigenvalue weighted by Crippen LogP contribution is -2.49. The fraction of sp³-hybridized carbons (Fsp3) is 0.300. The number of ether oxygens (including phenoxy) is 1. The van der Waals surface area contributed by atoms with Crippen molar-refractivity contribution in [1.82, 2.24) is 19.9 Å². The second-order valence-electron chi connectivity index (χ2n) is 6.71. The summed E-state index contributed by atoms with van der Waals surface area (Å²) < 4.78 is 5.38. The molecule has 9 heteroatoms. The van der Waals surface area contributed by atoms with Gasteiger partial charge in [-0.1, -0.05) is 0 Å². The van der Waals surface area contributed by atoms with Gasteiger partial charge in [0.15, 0.2) is 6.61 Å². The van der Waals surface area contributed by atoms with Crippen LogP contribution in [0.4, 0.5) is 5.95 Å². The van der Waals surface area contributed by atoms with Gasteiger partial charge >= 0.3 is 5.97 Å². The van der Waals surface area contributed by atoms with E-state index in [1.807, 2.05) is 17.0 Å². The second-order valence-corrected chi connectivity index (χ2v) is 6.71. The zero-order chi connectivity index (χ0) is 20.2. The lowest BCUT2D eigenvalue weighted by molar-refractivity contribution is -0.143. The SMILES string of the molecule is N#CCOc1ccc2[nH]cc([C@@H](C(=O)O)N3CCN(c4ncccn4)CC3)c2c1. The summed E-state index contributed by atoms with van der Waals surface area (Å²) >= 11 is 0. The molecule has 1 aliphatic rings. The number of piperazine rings is 1. The van der Waals surface area contributed by atoms with Crippen molar-refractivity contribution in [3.05, 3.63) is 48.4 Å². The lowest BCUT2D eigenvalue weighted by Gasteiger charge is -2.37. The molecule has 3 aromatic rings. The van der Waals surface area contributed by atoms with Crippen molar-refractivity contribution in [2.45, 2.75) is 6.04 Å². The fourth-order valence-corrected chi connectivity index (χ4v) is 3.67. The van der Waals surface area contributed by atoms with Gasteiger partial charge in [-0.05, 0) is 24.3 Å². The minimum atomic E-state index is -0.904. The maximum Gasteiger partial charge on any atom is 0.325 e. The molecule has 0 unspecified atom stereocenters. The number of aliphatic carboxylic acids is 1. The van der Waals surface area contributed by atoms with Gasteiger partial charge in [0.25, 0.3) is 0 Å². The van der Waals surface area contributed by atoms with Crippen molar-refractivity contribution in [1.29, 1.82) is 5.26 Å². The van der Waals surface area contributed by atoms with Gasteiger partial charge in [0.2, 0.25) is 5.95 Å². The second kappa shape index (κ2) is 8.16. The van der Waals surface area contributed by atoms with Crippen LogP contribution in [0.15, 0.2) is 42.9 Å². The molecule has 1 atom stereocenters. The molecule has 1 fully saturated rings. The van der Waals surface area contributed by atoms with Crippen molar-refractivity contribution in [2.75, 3.05) is 37.7 Å². The smallest absolute Gasteiger partial charge is 0.325 e. The van der Waals surface area contributed by atoms with Crippen LogP contribution in [-0.4, -0.2) is 63.7 Å². The Labute approximate surface area is 167 Å². The van der Waals surface area contributed by atoms with E-state index in [2.05, 4.69) is 19.9 Å². The first-order valence-electron chi connectivity index (χ1n) is 9.27. The first-order chi connectivity index (χ1) is 14.2. The molecule has 0 amide bonds. The van der Waals surface area contributed by atoms with Crippen molar-refractivity contribution in [3.8, 4) is 11.8 Å². The number of nitrogens with one attached hydrogen (secondary N) is 1. The molecule has 1 aromatic carbocycles. The molecule has 0 spiro atoms. The van der Waals surface area contributed by atoms with Gasteiger partial charge in [-0.15, -0.1) is 0 Å².